The Morgan fingerprint density at radius 2 is 2.15 bits per heavy atom. The zero-order chi connectivity index (χ0) is 14.5. The zero-order valence-corrected chi connectivity index (χ0v) is 12.1. The molecule has 0 spiro atoms. The number of aromatic nitrogens is 1. The van der Waals surface area contributed by atoms with E-state index >= 15 is 0 Å². The van der Waals surface area contributed by atoms with Gasteiger partial charge in [-0.25, -0.2) is 4.79 Å². The molecule has 2 aromatic rings. The number of aryl methyl sites for hydroxylation is 1. The molecule has 4 nitrogen and oxygen atoms in total. The molecule has 1 aromatic carbocycles. The van der Waals surface area contributed by atoms with Gasteiger partial charge in [0.2, 0.25) is 0 Å². The summed E-state index contributed by atoms with van der Waals surface area (Å²) in [5, 5.41) is 3.71. The molecule has 5 heteroatoms. The number of hydrogen-bond acceptors (Lipinski definition) is 4. The maximum Gasteiger partial charge on any atom is 0.339 e. The van der Waals surface area contributed by atoms with Crippen molar-refractivity contribution in [3.63, 3.8) is 0 Å². The van der Waals surface area contributed by atoms with Gasteiger partial charge in [-0.2, -0.15) is 0 Å². The average Bonchev–Trinajstić information content (AvgIpc) is 2.46. The molecule has 0 aliphatic rings. The van der Waals surface area contributed by atoms with Gasteiger partial charge in [0.05, 0.1) is 30.6 Å². The number of esters is 1. The highest BCUT2D eigenvalue weighted by atomic mass is 35.5. The summed E-state index contributed by atoms with van der Waals surface area (Å²) in [5.74, 6) is -0.402. The number of anilines is 1. The van der Waals surface area contributed by atoms with Crippen LogP contribution < -0.4 is 5.32 Å². The van der Waals surface area contributed by atoms with Crippen molar-refractivity contribution in [3.8, 4) is 0 Å². The minimum absolute atomic E-state index is 0.402. The third-order valence-corrected chi connectivity index (χ3v) is 3.05. The number of benzene rings is 1. The summed E-state index contributed by atoms with van der Waals surface area (Å²) < 4.78 is 4.75. The van der Waals surface area contributed by atoms with Crippen LogP contribution in [0.3, 0.4) is 0 Å². The van der Waals surface area contributed by atoms with Crippen LogP contribution in [0.1, 0.15) is 21.6 Å². The fourth-order valence-electron chi connectivity index (χ4n) is 1.74. The molecule has 0 fully saturated rings. The Morgan fingerprint density at radius 3 is 2.80 bits per heavy atom. The quantitative estimate of drug-likeness (QED) is 0.876. The van der Waals surface area contributed by atoms with Crippen molar-refractivity contribution >= 4 is 23.3 Å². The lowest BCUT2D eigenvalue weighted by molar-refractivity contribution is 0.0602. The van der Waals surface area contributed by atoms with Crippen LogP contribution in [0.25, 0.3) is 0 Å². The van der Waals surface area contributed by atoms with Gasteiger partial charge < -0.3 is 10.1 Å². The SMILES string of the molecule is COC(=O)c1ccc(Cl)cc1NCc1ccc(C)cn1. The number of methoxy groups -OCH3 is 1. The minimum Gasteiger partial charge on any atom is -0.465 e. The molecule has 0 atom stereocenters. The topological polar surface area (TPSA) is 51.2 Å². The Labute approximate surface area is 122 Å². The average molecular weight is 291 g/mol. The van der Waals surface area contributed by atoms with Gasteiger partial charge in [0.25, 0.3) is 0 Å². The van der Waals surface area contributed by atoms with Gasteiger partial charge in [0.15, 0.2) is 0 Å². The molecule has 104 valence electrons. The Hall–Kier alpha value is -2.07. The number of hydrogen-bond donors (Lipinski definition) is 1. The normalized spacial score (nSPS) is 10.2. The zero-order valence-electron chi connectivity index (χ0n) is 11.3. The van der Waals surface area contributed by atoms with Crippen molar-refractivity contribution in [3.05, 3.63) is 58.4 Å². The van der Waals surface area contributed by atoms with E-state index in [4.69, 9.17) is 16.3 Å². The summed E-state index contributed by atoms with van der Waals surface area (Å²) in [7, 11) is 1.35. The molecule has 0 saturated heterocycles. The molecule has 0 aliphatic carbocycles. The first-order valence-electron chi connectivity index (χ1n) is 6.13. The third-order valence-electron chi connectivity index (χ3n) is 2.82. The number of halogens is 1. The molecule has 0 bridgehead atoms. The van der Waals surface area contributed by atoms with Crippen LogP contribution in [0.15, 0.2) is 36.5 Å². The summed E-state index contributed by atoms with van der Waals surface area (Å²) in [5.41, 5.74) is 3.06. The van der Waals surface area contributed by atoms with Crippen molar-refractivity contribution in [2.75, 3.05) is 12.4 Å². The fourth-order valence-corrected chi connectivity index (χ4v) is 1.91. The van der Waals surface area contributed by atoms with Gasteiger partial charge in [-0.3, -0.25) is 4.98 Å². The van der Waals surface area contributed by atoms with Gasteiger partial charge in [0, 0.05) is 11.2 Å². The molecule has 0 saturated carbocycles. The van der Waals surface area contributed by atoms with E-state index in [1.807, 2.05) is 19.1 Å². The highest BCUT2D eigenvalue weighted by Gasteiger charge is 2.12. The molecule has 20 heavy (non-hydrogen) atoms. The van der Waals surface area contributed by atoms with Crippen molar-refractivity contribution in [1.82, 2.24) is 4.98 Å². The smallest absolute Gasteiger partial charge is 0.339 e. The van der Waals surface area contributed by atoms with E-state index in [-0.39, 0.29) is 0 Å². The predicted octanol–water partition coefficient (Wildman–Crippen LogP) is 3.44. The summed E-state index contributed by atoms with van der Waals surface area (Å²) in [6.07, 6.45) is 1.80. The van der Waals surface area contributed by atoms with Crippen LogP contribution in [-0.2, 0) is 11.3 Å². The molecular formula is C15H15ClN2O2. The minimum atomic E-state index is -0.402. The molecule has 0 unspecified atom stereocenters. The van der Waals surface area contributed by atoms with Gasteiger partial charge in [0.1, 0.15) is 0 Å². The predicted molar refractivity (Wildman–Crippen MR) is 79.1 cm³/mol. The van der Waals surface area contributed by atoms with Crippen molar-refractivity contribution in [2.24, 2.45) is 0 Å². The maximum atomic E-state index is 11.7. The number of carbonyl (C=O) groups excluding carboxylic acids is 1. The lowest BCUT2D eigenvalue weighted by atomic mass is 10.1. The second-order valence-electron chi connectivity index (χ2n) is 4.36. The van der Waals surface area contributed by atoms with Crippen molar-refractivity contribution < 1.29 is 9.53 Å². The summed E-state index contributed by atoms with van der Waals surface area (Å²) in [6.45, 7) is 2.49. The molecule has 1 aromatic heterocycles. The largest absolute Gasteiger partial charge is 0.465 e. The molecule has 2 rings (SSSR count). The molecular weight excluding hydrogens is 276 g/mol. The Kier molecular flexibility index (Phi) is 4.58. The lowest BCUT2D eigenvalue weighted by Crippen LogP contribution is -2.09. The van der Waals surface area contributed by atoms with Crippen LogP contribution in [0.5, 0.6) is 0 Å². The van der Waals surface area contributed by atoms with Gasteiger partial charge in [-0.1, -0.05) is 17.7 Å². The number of ether oxygens (including phenoxy) is 1. The molecule has 0 radical (unpaired) electrons. The first-order chi connectivity index (χ1) is 9.60. The van der Waals surface area contributed by atoms with Gasteiger partial charge in [-0.05, 0) is 36.8 Å². The second-order valence-corrected chi connectivity index (χ2v) is 4.80. The Bertz CT molecular complexity index is 612. The summed E-state index contributed by atoms with van der Waals surface area (Å²) >= 11 is 5.96. The van der Waals surface area contributed by atoms with E-state index in [0.29, 0.717) is 22.8 Å². The van der Waals surface area contributed by atoms with E-state index in [2.05, 4.69) is 10.3 Å². The lowest BCUT2D eigenvalue weighted by Gasteiger charge is -2.11. The number of nitrogens with one attached hydrogen (secondary N) is 1. The monoisotopic (exact) mass is 290 g/mol. The standard InChI is InChI=1S/C15H15ClN2O2/c1-10-3-5-12(17-8-10)9-18-14-7-11(16)4-6-13(14)15(19)20-2/h3-8,18H,9H2,1-2H3. The first-order valence-corrected chi connectivity index (χ1v) is 6.51. The molecule has 1 heterocycles. The third kappa shape index (κ3) is 3.48. The van der Waals surface area contributed by atoms with Crippen LogP contribution in [0.4, 0.5) is 5.69 Å². The van der Waals surface area contributed by atoms with Gasteiger partial charge >= 0.3 is 5.97 Å². The van der Waals surface area contributed by atoms with Crippen LogP contribution in [0, 0.1) is 6.92 Å². The van der Waals surface area contributed by atoms with E-state index in [1.54, 1.807) is 24.4 Å². The van der Waals surface area contributed by atoms with E-state index in [0.717, 1.165) is 11.3 Å². The molecule has 0 amide bonds. The van der Waals surface area contributed by atoms with Gasteiger partial charge in [-0.15, -0.1) is 0 Å². The van der Waals surface area contributed by atoms with E-state index in [9.17, 15) is 4.79 Å². The number of carbonyl (C=O) groups is 1. The Morgan fingerprint density at radius 1 is 1.35 bits per heavy atom. The summed E-state index contributed by atoms with van der Waals surface area (Å²) in [6, 6.07) is 8.91. The highest BCUT2D eigenvalue weighted by molar-refractivity contribution is 6.31. The molecule has 0 aliphatic heterocycles. The van der Waals surface area contributed by atoms with Crippen LogP contribution >= 0.6 is 11.6 Å². The fraction of sp³-hybridized carbons (Fsp3) is 0.200. The highest BCUT2D eigenvalue weighted by Crippen LogP contribution is 2.22. The molecule has 1 N–H and O–H groups in total. The van der Waals surface area contributed by atoms with Crippen LogP contribution in [0.2, 0.25) is 5.02 Å². The maximum absolute atomic E-state index is 11.7. The van der Waals surface area contributed by atoms with Crippen LogP contribution in [-0.4, -0.2) is 18.1 Å². The second kappa shape index (κ2) is 6.39. The Balaban J connectivity index is 2.17. The van der Waals surface area contributed by atoms with Crippen molar-refractivity contribution in [1.29, 1.82) is 0 Å². The summed E-state index contributed by atoms with van der Waals surface area (Å²) in [4.78, 5) is 16.0. The van der Waals surface area contributed by atoms with E-state index in [1.165, 1.54) is 7.11 Å². The number of nitrogens with zero attached hydrogens (tertiary/aromatic N) is 1. The van der Waals surface area contributed by atoms with Crippen molar-refractivity contribution in [2.45, 2.75) is 13.5 Å². The first kappa shape index (κ1) is 14.3. The van der Waals surface area contributed by atoms with E-state index < -0.39 is 5.97 Å². The number of pyridine rings is 1. The number of rotatable bonds is 4.